The number of benzene rings is 1. The molecule has 1 N–H and O–H groups in total. The van der Waals surface area contributed by atoms with E-state index in [2.05, 4.69) is 10.3 Å². The lowest BCUT2D eigenvalue weighted by Gasteiger charge is -2.33. The summed E-state index contributed by atoms with van der Waals surface area (Å²) >= 11 is 0. The number of fused-ring (bicyclic) bond motifs is 1. The number of pyridine rings is 1. The Kier molecular flexibility index (Phi) is 5.41. The van der Waals surface area contributed by atoms with Crippen LogP contribution < -0.4 is 15.0 Å². The van der Waals surface area contributed by atoms with Crippen molar-refractivity contribution in [1.29, 1.82) is 0 Å². The molecule has 3 amide bonds. The maximum atomic E-state index is 12.7. The minimum Gasteiger partial charge on any atom is -0.482 e. The van der Waals surface area contributed by atoms with Gasteiger partial charge in [-0.15, -0.1) is 0 Å². The number of piperidine rings is 1. The third-order valence-electron chi connectivity index (χ3n) is 5.09. The van der Waals surface area contributed by atoms with Crippen molar-refractivity contribution in [3.05, 3.63) is 48.3 Å². The molecule has 1 saturated heterocycles. The molecule has 0 bridgehead atoms. The number of anilines is 2. The maximum Gasteiger partial charge on any atom is 0.265 e. The molecule has 4 rings (SSSR count). The van der Waals surface area contributed by atoms with Gasteiger partial charge in [-0.25, -0.2) is 0 Å². The summed E-state index contributed by atoms with van der Waals surface area (Å²) in [5.74, 6) is -0.151. The molecule has 8 nitrogen and oxygen atoms in total. The Hall–Kier alpha value is -3.42. The summed E-state index contributed by atoms with van der Waals surface area (Å²) in [4.78, 5) is 44.7. The third kappa shape index (κ3) is 4.21. The fraction of sp³-hybridized carbons (Fsp3) is 0.333. The molecule has 2 aliphatic heterocycles. The Bertz CT molecular complexity index is 926. The van der Waals surface area contributed by atoms with Crippen LogP contribution in [0.1, 0.15) is 29.6 Å². The molecule has 2 aromatic rings. The van der Waals surface area contributed by atoms with Gasteiger partial charge in [-0.05, 0) is 49.6 Å². The van der Waals surface area contributed by atoms with Crippen LogP contribution in [0.5, 0.6) is 5.75 Å². The topological polar surface area (TPSA) is 91.8 Å². The van der Waals surface area contributed by atoms with Crippen molar-refractivity contribution in [1.82, 2.24) is 9.88 Å². The summed E-state index contributed by atoms with van der Waals surface area (Å²) < 4.78 is 5.50. The van der Waals surface area contributed by atoms with Gasteiger partial charge in [-0.1, -0.05) is 0 Å². The zero-order chi connectivity index (χ0) is 20.2. The lowest BCUT2D eigenvalue weighted by atomic mass is 10.1. The van der Waals surface area contributed by atoms with E-state index in [9.17, 15) is 14.4 Å². The molecule has 0 radical (unpaired) electrons. The number of hydrogen-bond acceptors (Lipinski definition) is 5. The molecule has 3 heterocycles. The van der Waals surface area contributed by atoms with Gasteiger partial charge in [0.15, 0.2) is 6.61 Å². The number of carbonyl (C=O) groups is 3. The third-order valence-corrected chi connectivity index (χ3v) is 5.09. The molecule has 1 fully saturated rings. The number of ether oxygens (including phenoxy) is 1. The average molecular weight is 394 g/mol. The number of amides is 3. The van der Waals surface area contributed by atoms with Crippen LogP contribution in [0.2, 0.25) is 0 Å². The predicted octanol–water partition coefficient (Wildman–Crippen LogP) is 2.07. The van der Waals surface area contributed by atoms with Crippen LogP contribution in [0.25, 0.3) is 0 Å². The van der Waals surface area contributed by atoms with Gasteiger partial charge in [0.2, 0.25) is 5.91 Å². The molecule has 8 heteroatoms. The first-order chi connectivity index (χ1) is 14.1. The summed E-state index contributed by atoms with van der Waals surface area (Å²) in [6, 6.07) is 8.40. The van der Waals surface area contributed by atoms with Gasteiger partial charge in [0.25, 0.3) is 11.8 Å². The molecular formula is C21H22N4O4. The monoisotopic (exact) mass is 394 g/mol. The summed E-state index contributed by atoms with van der Waals surface area (Å²) in [5, 5.41) is 2.79. The lowest BCUT2D eigenvalue weighted by Crippen LogP contribution is -2.47. The predicted molar refractivity (Wildman–Crippen MR) is 107 cm³/mol. The van der Waals surface area contributed by atoms with Gasteiger partial charge in [0.05, 0.1) is 11.3 Å². The number of carbonyl (C=O) groups excluding carboxylic acids is 3. The van der Waals surface area contributed by atoms with E-state index in [4.69, 9.17) is 4.74 Å². The fourth-order valence-corrected chi connectivity index (χ4v) is 3.53. The molecule has 29 heavy (non-hydrogen) atoms. The first-order valence-corrected chi connectivity index (χ1v) is 9.68. The number of likely N-dealkylation sites (tertiary alicyclic amines) is 1. The van der Waals surface area contributed by atoms with E-state index in [0.717, 1.165) is 32.4 Å². The molecule has 0 saturated carbocycles. The van der Waals surface area contributed by atoms with E-state index in [0.29, 0.717) is 22.7 Å². The number of aromatic nitrogens is 1. The van der Waals surface area contributed by atoms with Crippen molar-refractivity contribution >= 4 is 29.1 Å². The quantitative estimate of drug-likeness (QED) is 0.857. The fourth-order valence-electron chi connectivity index (χ4n) is 3.53. The second kappa shape index (κ2) is 8.30. The molecule has 1 aromatic heterocycles. The van der Waals surface area contributed by atoms with Crippen molar-refractivity contribution in [2.45, 2.75) is 19.3 Å². The highest BCUT2D eigenvalue weighted by atomic mass is 16.5. The Morgan fingerprint density at radius 2 is 1.97 bits per heavy atom. The maximum absolute atomic E-state index is 12.7. The van der Waals surface area contributed by atoms with Crippen LogP contribution in [-0.2, 0) is 9.59 Å². The summed E-state index contributed by atoms with van der Waals surface area (Å²) in [7, 11) is 0. The molecule has 0 unspecified atom stereocenters. The standard InChI is InChI=1S/C21H22N4O4/c26-19(24-9-2-1-3-10-24)13-25-17-11-16(6-7-18(17)29-14-20(25)27)23-21(28)15-5-4-8-22-12-15/h4-8,11-12H,1-3,9-10,13-14H2,(H,23,28). The SMILES string of the molecule is O=C(Nc1ccc2c(c1)N(CC(=O)N1CCCCC1)C(=O)CO2)c1cccnc1. The van der Waals surface area contributed by atoms with E-state index in [-0.39, 0.29) is 30.9 Å². The van der Waals surface area contributed by atoms with E-state index in [1.54, 1.807) is 41.4 Å². The largest absolute Gasteiger partial charge is 0.482 e. The molecule has 150 valence electrons. The Labute approximate surface area is 168 Å². The Morgan fingerprint density at radius 3 is 2.72 bits per heavy atom. The van der Waals surface area contributed by atoms with Crippen LogP contribution in [0.4, 0.5) is 11.4 Å². The van der Waals surface area contributed by atoms with Gasteiger partial charge in [-0.3, -0.25) is 24.3 Å². The van der Waals surface area contributed by atoms with Gasteiger partial charge >= 0.3 is 0 Å². The van der Waals surface area contributed by atoms with Crippen LogP contribution >= 0.6 is 0 Å². The van der Waals surface area contributed by atoms with Crippen LogP contribution in [0, 0.1) is 0 Å². The second-order valence-electron chi connectivity index (χ2n) is 7.09. The van der Waals surface area contributed by atoms with Gasteiger partial charge < -0.3 is 15.0 Å². The zero-order valence-electron chi connectivity index (χ0n) is 16.0. The van der Waals surface area contributed by atoms with E-state index >= 15 is 0 Å². The van der Waals surface area contributed by atoms with Gasteiger partial charge in [0.1, 0.15) is 12.3 Å². The van der Waals surface area contributed by atoms with Gasteiger partial charge in [0, 0.05) is 31.2 Å². The number of nitrogens with zero attached hydrogens (tertiary/aromatic N) is 3. The zero-order valence-corrected chi connectivity index (χ0v) is 16.0. The molecule has 0 atom stereocenters. The van der Waals surface area contributed by atoms with Crippen molar-refractivity contribution in [2.24, 2.45) is 0 Å². The number of nitrogens with one attached hydrogen (secondary N) is 1. The van der Waals surface area contributed by atoms with Gasteiger partial charge in [-0.2, -0.15) is 0 Å². The molecule has 1 aromatic carbocycles. The van der Waals surface area contributed by atoms with Crippen LogP contribution in [0.15, 0.2) is 42.7 Å². The van der Waals surface area contributed by atoms with E-state index in [1.165, 1.54) is 11.1 Å². The Balaban J connectivity index is 1.53. The molecule has 0 spiro atoms. The second-order valence-corrected chi connectivity index (χ2v) is 7.09. The minimum atomic E-state index is -0.308. The average Bonchev–Trinajstić information content (AvgIpc) is 2.77. The lowest BCUT2D eigenvalue weighted by molar-refractivity contribution is -0.132. The van der Waals surface area contributed by atoms with Crippen molar-refractivity contribution in [3.63, 3.8) is 0 Å². The number of rotatable bonds is 4. The Morgan fingerprint density at radius 1 is 1.14 bits per heavy atom. The molecular weight excluding hydrogens is 372 g/mol. The summed E-state index contributed by atoms with van der Waals surface area (Å²) in [6.07, 6.45) is 6.18. The number of hydrogen-bond donors (Lipinski definition) is 1. The van der Waals surface area contributed by atoms with Crippen molar-refractivity contribution in [2.75, 3.05) is 36.5 Å². The normalized spacial score (nSPS) is 16.1. The summed E-state index contributed by atoms with van der Waals surface area (Å²) in [5.41, 5.74) is 1.41. The van der Waals surface area contributed by atoms with Crippen LogP contribution in [0.3, 0.4) is 0 Å². The van der Waals surface area contributed by atoms with Crippen molar-refractivity contribution < 1.29 is 19.1 Å². The molecule has 2 aliphatic rings. The summed E-state index contributed by atoms with van der Waals surface area (Å²) in [6.45, 7) is 1.31. The highest BCUT2D eigenvalue weighted by molar-refractivity contribution is 6.06. The minimum absolute atomic E-state index is 0.0325. The first kappa shape index (κ1) is 18.9. The van der Waals surface area contributed by atoms with Crippen molar-refractivity contribution in [3.8, 4) is 5.75 Å². The van der Waals surface area contributed by atoms with E-state index in [1.807, 2.05) is 0 Å². The molecule has 0 aliphatic carbocycles. The highest BCUT2D eigenvalue weighted by Crippen LogP contribution is 2.34. The smallest absolute Gasteiger partial charge is 0.265 e. The van der Waals surface area contributed by atoms with Crippen LogP contribution in [-0.4, -0.2) is 53.8 Å². The van der Waals surface area contributed by atoms with E-state index < -0.39 is 0 Å². The highest BCUT2D eigenvalue weighted by Gasteiger charge is 2.29. The first-order valence-electron chi connectivity index (χ1n) is 9.68.